The van der Waals surface area contributed by atoms with Crippen molar-refractivity contribution in [3.8, 4) is 11.1 Å². The normalized spacial score (nSPS) is 20.6. The second-order valence-electron chi connectivity index (χ2n) is 8.70. The van der Waals surface area contributed by atoms with Gasteiger partial charge in [-0.05, 0) is 67.5 Å². The average Bonchev–Trinajstić information content (AvgIpc) is 2.74. The Morgan fingerprint density at radius 1 is 1.03 bits per heavy atom. The van der Waals surface area contributed by atoms with Crippen molar-refractivity contribution >= 4 is 27.5 Å². The molecule has 3 aromatic rings. The molecule has 2 aromatic carbocycles. The molecule has 0 saturated carbocycles. The van der Waals surface area contributed by atoms with Crippen LogP contribution in [0.2, 0.25) is 0 Å². The molecular weight excluding hydrogens is 384 g/mol. The van der Waals surface area contributed by atoms with Gasteiger partial charge in [0.15, 0.2) is 5.43 Å². The van der Waals surface area contributed by atoms with Gasteiger partial charge in [-0.25, -0.2) is 0 Å². The van der Waals surface area contributed by atoms with Gasteiger partial charge in [-0.3, -0.25) is 4.79 Å². The maximum Gasteiger partial charge on any atom is 0.192 e. The van der Waals surface area contributed by atoms with Crippen LogP contribution >= 0.6 is 11.3 Å². The third-order valence-corrected chi connectivity index (χ3v) is 7.62. The Labute approximate surface area is 182 Å². The van der Waals surface area contributed by atoms with Crippen molar-refractivity contribution < 1.29 is 0 Å². The molecule has 1 heterocycles. The van der Waals surface area contributed by atoms with Gasteiger partial charge in [0.25, 0.3) is 0 Å². The first-order chi connectivity index (χ1) is 14.5. The van der Waals surface area contributed by atoms with E-state index in [2.05, 4.69) is 87.5 Å². The molecule has 0 fully saturated rings. The van der Waals surface area contributed by atoms with Crippen LogP contribution in [0.15, 0.2) is 76.6 Å². The highest BCUT2D eigenvalue weighted by Crippen LogP contribution is 2.41. The zero-order chi connectivity index (χ0) is 20.8. The fraction of sp³-hybridized carbons (Fsp3) is 0.250. The molecule has 0 bridgehead atoms. The SMILES string of the molecule is CC1=CC(C2C=Cc3sc4ccc(-c5cccc(C)c5)cc4c(=O)c3[C@H]2C)=CCC1. The van der Waals surface area contributed by atoms with E-state index in [9.17, 15) is 4.79 Å². The molecule has 2 atom stereocenters. The summed E-state index contributed by atoms with van der Waals surface area (Å²) in [7, 11) is 0. The van der Waals surface area contributed by atoms with Crippen LogP contribution in [0.3, 0.4) is 0 Å². The van der Waals surface area contributed by atoms with Gasteiger partial charge >= 0.3 is 0 Å². The maximum absolute atomic E-state index is 13.7. The van der Waals surface area contributed by atoms with Gasteiger partial charge < -0.3 is 0 Å². The first-order valence-corrected chi connectivity index (χ1v) is 11.6. The van der Waals surface area contributed by atoms with Gasteiger partial charge in [-0.1, -0.05) is 66.6 Å². The van der Waals surface area contributed by atoms with Crippen LogP contribution in [-0.2, 0) is 0 Å². The van der Waals surface area contributed by atoms with Crippen LogP contribution in [0.4, 0.5) is 0 Å². The molecule has 2 heteroatoms. The van der Waals surface area contributed by atoms with E-state index in [4.69, 9.17) is 0 Å². The minimum atomic E-state index is 0.189. The molecule has 2 aliphatic rings. The Morgan fingerprint density at radius 3 is 2.67 bits per heavy atom. The molecule has 150 valence electrons. The van der Waals surface area contributed by atoms with E-state index in [0.717, 1.165) is 44.5 Å². The second-order valence-corrected chi connectivity index (χ2v) is 9.78. The molecule has 5 rings (SSSR count). The lowest BCUT2D eigenvalue weighted by Crippen LogP contribution is -2.22. The molecule has 1 nitrogen and oxygen atoms in total. The quantitative estimate of drug-likeness (QED) is 0.424. The molecule has 1 aromatic heterocycles. The molecule has 0 spiro atoms. The van der Waals surface area contributed by atoms with Crippen LogP contribution in [0.5, 0.6) is 0 Å². The molecule has 0 N–H and O–H groups in total. The highest BCUT2D eigenvalue weighted by molar-refractivity contribution is 7.19. The molecule has 0 saturated heterocycles. The minimum Gasteiger partial charge on any atom is -0.289 e. The summed E-state index contributed by atoms with van der Waals surface area (Å²) < 4.78 is 1.07. The summed E-state index contributed by atoms with van der Waals surface area (Å²) in [6, 6.07) is 14.8. The molecule has 30 heavy (non-hydrogen) atoms. The van der Waals surface area contributed by atoms with E-state index in [0.29, 0.717) is 0 Å². The molecule has 0 aliphatic heterocycles. The van der Waals surface area contributed by atoms with Crippen LogP contribution in [0, 0.1) is 12.8 Å². The Balaban J connectivity index is 1.63. The van der Waals surface area contributed by atoms with Crippen molar-refractivity contribution in [1.29, 1.82) is 0 Å². The lowest BCUT2D eigenvalue weighted by Gasteiger charge is -2.29. The van der Waals surface area contributed by atoms with Gasteiger partial charge in [0.1, 0.15) is 0 Å². The Kier molecular flexibility index (Phi) is 4.83. The van der Waals surface area contributed by atoms with Crippen molar-refractivity contribution in [3.05, 3.63) is 98.1 Å². The second kappa shape index (κ2) is 7.52. The van der Waals surface area contributed by atoms with Crippen molar-refractivity contribution in [2.24, 2.45) is 5.92 Å². The predicted molar refractivity (Wildman–Crippen MR) is 130 cm³/mol. The summed E-state index contributed by atoms with van der Waals surface area (Å²) in [6.45, 7) is 6.53. The zero-order valence-electron chi connectivity index (χ0n) is 17.7. The first kappa shape index (κ1) is 19.3. The van der Waals surface area contributed by atoms with E-state index >= 15 is 0 Å². The van der Waals surface area contributed by atoms with Crippen molar-refractivity contribution in [3.63, 3.8) is 0 Å². The third-order valence-electron chi connectivity index (χ3n) is 6.47. The van der Waals surface area contributed by atoms with Crippen molar-refractivity contribution in [2.45, 2.75) is 39.5 Å². The number of hydrogen-bond acceptors (Lipinski definition) is 2. The molecular formula is C28H26OS. The highest BCUT2D eigenvalue weighted by atomic mass is 32.1. The van der Waals surface area contributed by atoms with Crippen LogP contribution in [0.25, 0.3) is 27.3 Å². The van der Waals surface area contributed by atoms with Crippen LogP contribution < -0.4 is 5.43 Å². The fourth-order valence-electron chi connectivity index (χ4n) is 4.84. The van der Waals surface area contributed by atoms with Crippen LogP contribution in [-0.4, -0.2) is 0 Å². The van der Waals surface area contributed by atoms with Crippen LogP contribution in [0.1, 0.15) is 48.6 Å². The van der Waals surface area contributed by atoms with E-state index in [1.165, 1.54) is 16.7 Å². The Hall–Kier alpha value is -2.71. The number of aryl methyl sites for hydroxylation is 1. The van der Waals surface area contributed by atoms with E-state index < -0.39 is 0 Å². The van der Waals surface area contributed by atoms with Crippen molar-refractivity contribution in [2.75, 3.05) is 0 Å². The van der Waals surface area contributed by atoms with E-state index in [1.807, 2.05) is 0 Å². The summed E-state index contributed by atoms with van der Waals surface area (Å²) in [5.74, 6) is 0.472. The monoisotopic (exact) mass is 410 g/mol. The first-order valence-electron chi connectivity index (χ1n) is 10.7. The minimum absolute atomic E-state index is 0.189. The number of rotatable bonds is 2. The topological polar surface area (TPSA) is 17.1 Å². The summed E-state index contributed by atoms with van der Waals surface area (Å²) >= 11 is 1.74. The number of allylic oxidation sites excluding steroid dienone is 5. The summed E-state index contributed by atoms with van der Waals surface area (Å²) in [6.07, 6.45) is 11.4. The molecule has 1 unspecified atom stereocenters. The standard InChI is InChI=1S/C28H26OS/c1-17-6-4-8-20(14-17)21-10-12-25-24(16-21)28(29)27-19(3)23(11-13-26(27)30-25)22-9-5-7-18(2)15-22/h4,6,8-16,19,23H,5,7H2,1-3H3/t19-,23?/m0/s1. The maximum atomic E-state index is 13.7. The average molecular weight is 411 g/mol. The van der Waals surface area contributed by atoms with Gasteiger partial charge in [0, 0.05) is 26.4 Å². The fourth-order valence-corrected chi connectivity index (χ4v) is 6.01. The van der Waals surface area contributed by atoms with E-state index in [1.54, 1.807) is 11.3 Å². The van der Waals surface area contributed by atoms with Gasteiger partial charge in [0.2, 0.25) is 0 Å². The summed E-state index contributed by atoms with van der Waals surface area (Å²) in [5, 5.41) is 0.850. The summed E-state index contributed by atoms with van der Waals surface area (Å²) in [4.78, 5) is 14.8. The zero-order valence-corrected chi connectivity index (χ0v) is 18.6. The summed E-state index contributed by atoms with van der Waals surface area (Å²) in [5.41, 5.74) is 7.49. The number of benzene rings is 2. The van der Waals surface area contributed by atoms with Gasteiger partial charge in [-0.2, -0.15) is 0 Å². The third kappa shape index (κ3) is 3.30. The number of hydrogen-bond donors (Lipinski definition) is 0. The molecule has 0 radical (unpaired) electrons. The Morgan fingerprint density at radius 2 is 1.87 bits per heavy atom. The van der Waals surface area contributed by atoms with Crippen molar-refractivity contribution in [1.82, 2.24) is 0 Å². The van der Waals surface area contributed by atoms with Gasteiger partial charge in [-0.15, -0.1) is 11.3 Å². The smallest absolute Gasteiger partial charge is 0.192 e. The molecule has 2 aliphatic carbocycles. The lowest BCUT2D eigenvalue weighted by molar-refractivity contribution is 0.612. The van der Waals surface area contributed by atoms with Gasteiger partial charge in [0.05, 0.1) is 0 Å². The molecule has 0 amide bonds. The highest BCUT2D eigenvalue weighted by Gasteiger charge is 2.28. The van der Waals surface area contributed by atoms with E-state index in [-0.39, 0.29) is 17.3 Å². The number of fused-ring (bicyclic) bond motifs is 2. The Bertz CT molecular complexity index is 1300. The lowest BCUT2D eigenvalue weighted by atomic mass is 9.77. The largest absolute Gasteiger partial charge is 0.289 e. The predicted octanol–water partition coefficient (Wildman–Crippen LogP) is 7.65.